The summed E-state index contributed by atoms with van der Waals surface area (Å²) in [5.41, 5.74) is 0.103. The highest BCUT2D eigenvalue weighted by atomic mass is 16.4. The van der Waals surface area contributed by atoms with Crippen LogP contribution in [-0.4, -0.2) is 56.0 Å². The molecule has 2 atom stereocenters. The van der Waals surface area contributed by atoms with Gasteiger partial charge in [0.25, 0.3) is 5.91 Å². The molecule has 22 heavy (non-hydrogen) atoms. The predicted octanol–water partition coefficient (Wildman–Crippen LogP) is 0.806. The van der Waals surface area contributed by atoms with Crippen LogP contribution in [0.25, 0.3) is 0 Å². The maximum atomic E-state index is 12.5. The lowest BCUT2D eigenvalue weighted by Crippen LogP contribution is -2.56. The van der Waals surface area contributed by atoms with E-state index in [2.05, 4.69) is 5.10 Å². The Kier molecular flexibility index (Phi) is 4.55. The van der Waals surface area contributed by atoms with Gasteiger partial charge in [-0.15, -0.1) is 0 Å². The summed E-state index contributed by atoms with van der Waals surface area (Å²) in [6, 6.07) is 0. The summed E-state index contributed by atoms with van der Waals surface area (Å²) in [6.07, 6.45) is 1.81. The van der Waals surface area contributed by atoms with Gasteiger partial charge in [0.1, 0.15) is 0 Å². The van der Waals surface area contributed by atoms with Crippen LogP contribution in [0, 0.1) is 12.3 Å². The summed E-state index contributed by atoms with van der Waals surface area (Å²) < 4.78 is 1.62. The molecule has 0 bridgehead atoms. The SMILES string of the molecule is CCC[C@]1(C(=O)O)CCN(C(=O)c2cnn(C)c2C)CC1O. The highest BCUT2D eigenvalue weighted by Crippen LogP contribution is 2.37. The number of aliphatic hydroxyl groups excluding tert-OH is 1. The third kappa shape index (κ3) is 2.61. The van der Waals surface area contributed by atoms with Crippen LogP contribution in [0.15, 0.2) is 6.20 Å². The number of aromatic nitrogens is 2. The number of aryl methyl sites for hydroxylation is 1. The quantitative estimate of drug-likeness (QED) is 0.858. The summed E-state index contributed by atoms with van der Waals surface area (Å²) in [6.45, 7) is 4.07. The van der Waals surface area contributed by atoms with Gasteiger partial charge in [-0.3, -0.25) is 14.3 Å². The van der Waals surface area contributed by atoms with E-state index in [0.29, 0.717) is 24.9 Å². The zero-order valence-electron chi connectivity index (χ0n) is 13.2. The molecule has 7 heteroatoms. The maximum Gasteiger partial charge on any atom is 0.312 e. The molecule has 0 aliphatic carbocycles. The first-order chi connectivity index (χ1) is 10.3. The fraction of sp³-hybridized carbons (Fsp3) is 0.667. The zero-order valence-corrected chi connectivity index (χ0v) is 13.2. The summed E-state index contributed by atoms with van der Waals surface area (Å²) in [5, 5.41) is 23.9. The van der Waals surface area contributed by atoms with E-state index in [0.717, 1.165) is 5.69 Å². The Labute approximate surface area is 129 Å². The van der Waals surface area contributed by atoms with Crippen molar-refractivity contribution in [3.63, 3.8) is 0 Å². The average Bonchev–Trinajstić information content (AvgIpc) is 2.80. The molecule has 2 N–H and O–H groups in total. The molecule has 2 heterocycles. The second-order valence-corrected chi connectivity index (χ2v) is 6.00. The van der Waals surface area contributed by atoms with E-state index in [4.69, 9.17) is 0 Å². The minimum atomic E-state index is -1.14. The fourth-order valence-corrected chi connectivity index (χ4v) is 3.13. The Bertz CT molecular complexity index is 583. The first kappa shape index (κ1) is 16.5. The van der Waals surface area contributed by atoms with E-state index < -0.39 is 17.5 Å². The number of carboxylic acid groups (broad SMARTS) is 1. The number of carbonyl (C=O) groups excluding carboxylic acids is 1. The molecular formula is C15H23N3O4. The average molecular weight is 309 g/mol. The van der Waals surface area contributed by atoms with Gasteiger partial charge < -0.3 is 15.1 Å². The molecule has 1 unspecified atom stereocenters. The summed E-state index contributed by atoms with van der Waals surface area (Å²) in [7, 11) is 1.76. The number of β-amino-alcohol motifs (C(OH)–C–C–N with tert-alkyl or cyclic N) is 1. The van der Waals surface area contributed by atoms with Crippen LogP contribution in [0.4, 0.5) is 0 Å². The maximum absolute atomic E-state index is 12.5. The van der Waals surface area contributed by atoms with Crippen LogP contribution in [0.3, 0.4) is 0 Å². The number of amides is 1. The van der Waals surface area contributed by atoms with Crippen LogP contribution in [0.2, 0.25) is 0 Å². The van der Waals surface area contributed by atoms with Crippen LogP contribution in [0.5, 0.6) is 0 Å². The topological polar surface area (TPSA) is 95.7 Å². The molecule has 1 saturated heterocycles. The molecule has 0 saturated carbocycles. The molecule has 0 radical (unpaired) electrons. The highest BCUT2D eigenvalue weighted by Gasteiger charge is 2.48. The number of hydrogen-bond donors (Lipinski definition) is 2. The van der Waals surface area contributed by atoms with Gasteiger partial charge in [-0.25, -0.2) is 0 Å². The van der Waals surface area contributed by atoms with Crippen molar-refractivity contribution in [3.05, 3.63) is 17.5 Å². The van der Waals surface area contributed by atoms with Crippen molar-refractivity contribution in [3.8, 4) is 0 Å². The number of carbonyl (C=O) groups is 2. The fourth-order valence-electron chi connectivity index (χ4n) is 3.13. The number of rotatable bonds is 4. The number of aliphatic hydroxyl groups is 1. The van der Waals surface area contributed by atoms with E-state index >= 15 is 0 Å². The van der Waals surface area contributed by atoms with Gasteiger partial charge in [0.2, 0.25) is 0 Å². The van der Waals surface area contributed by atoms with E-state index in [1.165, 1.54) is 11.1 Å². The zero-order chi connectivity index (χ0) is 16.5. The molecule has 1 amide bonds. The second-order valence-electron chi connectivity index (χ2n) is 6.00. The van der Waals surface area contributed by atoms with Gasteiger partial charge >= 0.3 is 5.97 Å². The molecule has 0 aromatic carbocycles. The van der Waals surface area contributed by atoms with Gasteiger partial charge in [0, 0.05) is 25.8 Å². The van der Waals surface area contributed by atoms with Crippen LogP contribution in [-0.2, 0) is 11.8 Å². The lowest BCUT2D eigenvalue weighted by molar-refractivity contribution is -0.162. The standard InChI is InChI=1S/C15H23N3O4/c1-4-5-15(14(21)22)6-7-18(9-12(15)19)13(20)11-8-16-17(3)10(11)2/h8,12,19H,4-7,9H2,1-3H3,(H,21,22)/t12?,15-/m0/s1. The molecule has 0 spiro atoms. The summed E-state index contributed by atoms with van der Waals surface area (Å²) >= 11 is 0. The molecule has 1 aliphatic heterocycles. The molecule has 2 rings (SSSR count). The minimum absolute atomic E-state index is 0.0411. The van der Waals surface area contributed by atoms with Crippen molar-refractivity contribution < 1.29 is 19.8 Å². The van der Waals surface area contributed by atoms with Gasteiger partial charge in [0.15, 0.2) is 0 Å². The first-order valence-electron chi connectivity index (χ1n) is 7.52. The Morgan fingerprint density at radius 1 is 1.50 bits per heavy atom. The molecule has 1 aromatic heterocycles. The third-order valence-corrected chi connectivity index (χ3v) is 4.73. The number of nitrogens with zero attached hydrogens (tertiary/aromatic N) is 3. The van der Waals surface area contributed by atoms with Crippen LogP contribution >= 0.6 is 0 Å². The van der Waals surface area contributed by atoms with Crippen molar-refractivity contribution in [1.29, 1.82) is 0 Å². The Morgan fingerprint density at radius 3 is 2.64 bits per heavy atom. The van der Waals surface area contributed by atoms with Crippen molar-refractivity contribution in [2.75, 3.05) is 13.1 Å². The minimum Gasteiger partial charge on any atom is -0.481 e. The molecular weight excluding hydrogens is 286 g/mol. The normalized spacial score (nSPS) is 25.3. The number of piperidine rings is 1. The third-order valence-electron chi connectivity index (χ3n) is 4.73. The first-order valence-corrected chi connectivity index (χ1v) is 7.52. The van der Waals surface area contributed by atoms with Crippen LogP contribution < -0.4 is 0 Å². The molecule has 1 fully saturated rings. The number of aliphatic carboxylic acids is 1. The van der Waals surface area contributed by atoms with E-state index in [-0.39, 0.29) is 18.9 Å². The summed E-state index contributed by atoms with van der Waals surface area (Å²) in [4.78, 5) is 25.7. The largest absolute Gasteiger partial charge is 0.481 e. The van der Waals surface area contributed by atoms with E-state index in [9.17, 15) is 19.8 Å². The Balaban J connectivity index is 2.17. The lowest BCUT2D eigenvalue weighted by atomic mass is 9.72. The lowest BCUT2D eigenvalue weighted by Gasteiger charge is -2.42. The molecule has 7 nitrogen and oxygen atoms in total. The second kappa shape index (κ2) is 6.08. The summed E-state index contributed by atoms with van der Waals surface area (Å²) in [5.74, 6) is -1.19. The number of likely N-dealkylation sites (tertiary alicyclic amines) is 1. The predicted molar refractivity (Wildman–Crippen MR) is 79.4 cm³/mol. The van der Waals surface area contributed by atoms with Crippen molar-refractivity contribution in [1.82, 2.24) is 14.7 Å². The number of carboxylic acids is 1. The van der Waals surface area contributed by atoms with Crippen LogP contribution in [0.1, 0.15) is 42.2 Å². The monoisotopic (exact) mass is 309 g/mol. The van der Waals surface area contributed by atoms with Gasteiger partial charge in [-0.2, -0.15) is 5.10 Å². The van der Waals surface area contributed by atoms with Crippen molar-refractivity contribution in [2.24, 2.45) is 12.5 Å². The Morgan fingerprint density at radius 2 is 2.18 bits per heavy atom. The molecule has 1 aliphatic rings. The van der Waals surface area contributed by atoms with Crippen molar-refractivity contribution in [2.45, 2.75) is 39.2 Å². The Hall–Kier alpha value is -1.89. The molecule has 122 valence electrons. The van der Waals surface area contributed by atoms with Gasteiger partial charge in [0.05, 0.1) is 23.3 Å². The van der Waals surface area contributed by atoms with Gasteiger partial charge in [-0.05, 0) is 19.8 Å². The smallest absolute Gasteiger partial charge is 0.312 e. The van der Waals surface area contributed by atoms with Crippen molar-refractivity contribution >= 4 is 11.9 Å². The highest BCUT2D eigenvalue weighted by molar-refractivity contribution is 5.95. The van der Waals surface area contributed by atoms with E-state index in [1.807, 2.05) is 6.92 Å². The van der Waals surface area contributed by atoms with Gasteiger partial charge in [-0.1, -0.05) is 13.3 Å². The number of hydrogen-bond acceptors (Lipinski definition) is 4. The molecule has 1 aromatic rings. The van der Waals surface area contributed by atoms with E-state index in [1.54, 1.807) is 18.7 Å².